The smallest absolute Gasteiger partial charge is 0.225 e. The summed E-state index contributed by atoms with van der Waals surface area (Å²) in [5, 5.41) is 2.98. The quantitative estimate of drug-likeness (QED) is 0.869. The summed E-state index contributed by atoms with van der Waals surface area (Å²) in [6, 6.07) is 6.36. The van der Waals surface area contributed by atoms with E-state index < -0.39 is 0 Å². The van der Waals surface area contributed by atoms with E-state index in [9.17, 15) is 14.0 Å². The van der Waals surface area contributed by atoms with Gasteiger partial charge in [-0.25, -0.2) is 4.39 Å². The highest BCUT2D eigenvalue weighted by Crippen LogP contribution is 2.33. The van der Waals surface area contributed by atoms with E-state index in [1.165, 1.54) is 12.1 Å². The Balaban J connectivity index is 2.14. The van der Waals surface area contributed by atoms with Gasteiger partial charge in [0.25, 0.3) is 0 Å². The van der Waals surface area contributed by atoms with Crippen LogP contribution in [0.2, 0.25) is 0 Å². The largest absolute Gasteiger partial charge is 0.356 e. The Labute approximate surface area is 143 Å². The molecule has 1 fully saturated rings. The number of carbonyl (C=O) groups is 2. The molecule has 2 unspecified atom stereocenters. The SMILES string of the molecule is CCC(=O)N1CC(C(=O)NCCC(C)C)C(c2cccc(F)c2)C1. The van der Waals surface area contributed by atoms with Gasteiger partial charge in [0.15, 0.2) is 0 Å². The molecule has 1 N–H and O–H groups in total. The zero-order valence-electron chi connectivity index (χ0n) is 14.7. The summed E-state index contributed by atoms with van der Waals surface area (Å²) in [6.07, 6.45) is 1.33. The Morgan fingerprint density at radius 3 is 2.71 bits per heavy atom. The van der Waals surface area contributed by atoms with E-state index in [2.05, 4.69) is 19.2 Å². The van der Waals surface area contributed by atoms with Crippen molar-refractivity contribution in [3.63, 3.8) is 0 Å². The Morgan fingerprint density at radius 1 is 1.33 bits per heavy atom. The number of halogens is 1. The van der Waals surface area contributed by atoms with Crippen molar-refractivity contribution >= 4 is 11.8 Å². The van der Waals surface area contributed by atoms with E-state index in [0.717, 1.165) is 12.0 Å². The minimum Gasteiger partial charge on any atom is -0.356 e. The number of hydrogen-bond donors (Lipinski definition) is 1. The molecule has 1 heterocycles. The second-order valence-electron chi connectivity index (χ2n) is 6.89. The fourth-order valence-electron chi connectivity index (χ4n) is 3.19. The van der Waals surface area contributed by atoms with E-state index in [-0.39, 0.29) is 29.5 Å². The van der Waals surface area contributed by atoms with Crippen LogP contribution in [-0.2, 0) is 9.59 Å². The maximum absolute atomic E-state index is 13.6. The van der Waals surface area contributed by atoms with Crippen LogP contribution in [0.15, 0.2) is 24.3 Å². The molecule has 2 atom stereocenters. The Hall–Kier alpha value is -1.91. The molecule has 4 nitrogen and oxygen atoms in total. The highest BCUT2D eigenvalue weighted by atomic mass is 19.1. The third-order valence-corrected chi connectivity index (χ3v) is 4.61. The number of benzene rings is 1. The normalized spacial score (nSPS) is 20.5. The highest BCUT2D eigenvalue weighted by molar-refractivity contribution is 5.83. The maximum Gasteiger partial charge on any atom is 0.225 e. The van der Waals surface area contributed by atoms with Gasteiger partial charge in [-0.1, -0.05) is 32.9 Å². The van der Waals surface area contributed by atoms with Crippen molar-refractivity contribution in [2.24, 2.45) is 11.8 Å². The molecule has 0 aromatic heterocycles. The van der Waals surface area contributed by atoms with Crippen molar-refractivity contribution in [1.82, 2.24) is 10.2 Å². The van der Waals surface area contributed by atoms with Crippen LogP contribution in [-0.4, -0.2) is 36.3 Å². The predicted molar refractivity (Wildman–Crippen MR) is 92.0 cm³/mol. The molecule has 5 heteroatoms. The maximum atomic E-state index is 13.6. The number of hydrogen-bond acceptors (Lipinski definition) is 2. The lowest BCUT2D eigenvalue weighted by molar-refractivity contribution is -0.130. The summed E-state index contributed by atoms with van der Waals surface area (Å²) in [4.78, 5) is 26.4. The van der Waals surface area contributed by atoms with Gasteiger partial charge in [-0.3, -0.25) is 9.59 Å². The van der Waals surface area contributed by atoms with Crippen molar-refractivity contribution in [2.75, 3.05) is 19.6 Å². The highest BCUT2D eigenvalue weighted by Gasteiger charge is 2.39. The molecule has 132 valence electrons. The first-order chi connectivity index (χ1) is 11.4. The van der Waals surface area contributed by atoms with E-state index in [4.69, 9.17) is 0 Å². The molecule has 24 heavy (non-hydrogen) atoms. The Morgan fingerprint density at radius 2 is 2.08 bits per heavy atom. The molecule has 1 aromatic rings. The second-order valence-corrected chi connectivity index (χ2v) is 6.89. The Kier molecular flexibility index (Phi) is 6.35. The molecule has 2 amide bonds. The molecule has 0 spiro atoms. The van der Waals surface area contributed by atoms with Crippen LogP contribution in [0.5, 0.6) is 0 Å². The van der Waals surface area contributed by atoms with Crippen molar-refractivity contribution in [3.05, 3.63) is 35.6 Å². The van der Waals surface area contributed by atoms with Crippen LogP contribution in [0.25, 0.3) is 0 Å². The van der Waals surface area contributed by atoms with E-state index >= 15 is 0 Å². The van der Waals surface area contributed by atoms with Gasteiger partial charge >= 0.3 is 0 Å². The van der Waals surface area contributed by atoms with Crippen LogP contribution < -0.4 is 5.32 Å². The van der Waals surface area contributed by atoms with Gasteiger partial charge in [-0.05, 0) is 30.0 Å². The molecule has 1 saturated heterocycles. The molecule has 0 bridgehead atoms. The summed E-state index contributed by atoms with van der Waals surface area (Å²) in [7, 11) is 0. The van der Waals surface area contributed by atoms with Gasteiger partial charge in [0.1, 0.15) is 5.82 Å². The molecular formula is C19H27FN2O2. The van der Waals surface area contributed by atoms with E-state index in [1.807, 2.05) is 13.0 Å². The first-order valence-electron chi connectivity index (χ1n) is 8.73. The molecule has 1 aliphatic rings. The second kappa shape index (κ2) is 8.27. The first kappa shape index (κ1) is 18.4. The van der Waals surface area contributed by atoms with Gasteiger partial charge in [-0.2, -0.15) is 0 Å². The Bertz CT molecular complexity index is 588. The van der Waals surface area contributed by atoms with Crippen LogP contribution in [0.1, 0.15) is 45.1 Å². The molecular weight excluding hydrogens is 307 g/mol. The van der Waals surface area contributed by atoms with Crippen molar-refractivity contribution < 1.29 is 14.0 Å². The van der Waals surface area contributed by atoms with Crippen LogP contribution >= 0.6 is 0 Å². The fourth-order valence-corrected chi connectivity index (χ4v) is 3.19. The summed E-state index contributed by atoms with van der Waals surface area (Å²) >= 11 is 0. The average molecular weight is 334 g/mol. The van der Waals surface area contributed by atoms with Crippen LogP contribution in [0.3, 0.4) is 0 Å². The van der Waals surface area contributed by atoms with Gasteiger partial charge in [0.05, 0.1) is 5.92 Å². The minimum absolute atomic E-state index is 0.0360. The lowest BCUT2D eigenvalue weighted by Crippen LogP contribution is -2.36. The van der Waals surface area contributed by atoms with Gasteiger partial charge in [0, 0.05) is 32.0 Å². The average Bonchev–Trinajstić information content (AvgIpc) is 2.99. The first-order valence-corrected chi connectivity index (χ1v) is 8.73. The number of nitrogens with zero attached hydrogens (tertiary/aromatic N) is 1. The topological polar surface area (TPSA) is 49.4 Å². The summed E-state index contributed by atoms with van der Waals surface area (Å²) < 4.78 is 13.6. The molecule has 0 radical (unpaired) electrons. The van der Waals surface area contributed by atoms with Crippen LogP contribution in [0, 0.1) is 17.7 Å². The number of nitrogens with one attached hydrogen (secondary N) is 1. The standard InChI is InChI=1S/C19H27FN2O2/c1-4-18(23)22-11-16(14-6-5-7-15(20)10-14)17(12-22)19(24)21-9-8-13(2)3/h5-7,10,13,16-17H,4,8-9,11-12H2,1-3H3,(H,21,24). The summed E-state index contributed by atoms with van der Waals surface area (Å²) in [6.45, 7) is 7.54. The van der Waals surface area contributed by atoms with Gasteiger partial charge in [0.2, 0.25) is 11.8 Å². The third kappa shape index (κ3) is 4.56. The third-order valence-electron chi connectivity index (χ3n) is 4.61. The van der Waals surface area contributed by atoms with Crippen LogP contribution in [0.4, 0.5) is 4.39 Å². The number of rotatable bonds is 6. The molecule has 0 aliphatic carbocycles. The number of carbonyl (C=O) groups excluding carboxylic acids is 2. The lowest BCUT2D eigenvalue weighted by atomic mass is 9.88. The zero-order chi connectivity index (χ0) is 17.7. The van der Waals surface area contributed by atoms with Crippen molar-refractivity contribution in [1.29, 1.82) is 0 Å². The molecule has 1 aliphatic heterocycles. The molecule has 2 rings (SSSR count). The lowest BCUT2D eigenvalue weighted by Gasteiger charge is -2.18. The van der Waals surface area contributed by atoms with Gasteiger partial charge in [-0.15, -0.1) is 0 Å². The summed E-state index contributed by atoms with van der Waals surface area (Å²) in [5.74, 6) is -0.285. The van der Waals surface area contributed by atoms with Crippen molar-refractivity contribution in [3.8, 4) is 0 Å². The minimum atomic E-state index is -0.325. The zero-order valence-corrected chi connectivity index (χ0v) is 14.7. The van der Waals surface area contributed by atoms with E-state index in [1.54, 1.807) is 11.0 Å². The monoisotopic (exact) mass is 334 g/mol. The summed E-state index contributed by atoms with van der Waals surface area (Å²) in [5.41, 5.74) is 0.783. The molecule has 0 saturated carbocycles. The number of amides is 2. The fraction of sp³-hybridized carbons (Fsp3) is 0.579. The van der Waals surface area contributed by atoms with E-state index in [0.29, 0.717) is 32.0 Å². The molecule has 1 aromatic carbocycles. The number of likely N-dealkylation sites (tertiary alicyclic amines) is 1. The predicted octanol–water partition coefficient (Wildman–Crippen LogP) is 2.94. The van der Waals surface area contributed by atoms with Crippen molar-refractivity contribution in [2.45, 2.75) is 39.5 Å². The van der Waals surface area contributed by atoms with Gasteiger partial charge < -0.3 is 10.2 Å².